The molecule has 2 aliphatic rings. The molecule has 11 nitrogen and oxygen atoms in total. The van der Waals surface area contributed by atoms with E-state index in [1.54, 1.807) is 6.92 Å². The normalized spacial score (nSPS) is 20.4. The number of alkyl carbamates (subject to hydrolysis) is 1. The van der Waals surface area contributed by atoms with Crippen molar-refractivity contribution in [1.82, 2.24) is 10.2 Å². The molecule has 32 heavy (non-hydrogen) atoms. The first-order chi connectivity index (χ1) is 15.2. The van der Waals surface area contributed by atoms with Crippen LogP contribution in [0, 0.1) is 16.0 Å². The van der Waals surface area contributed by atoms with Crippen LogP contribution in [0.1, 0.15) is 18.9 Å². The second kappa shape index (κ2) is 10.2. The fourth-order valence-electron chi connectivity index (χ4n) is 3.23. The average molecular weight is 484 g/mol. The van der Waals surface area contributed by atoms with Gasteiger partial charge in [0, 0.05) is 24.4 Å². The molecule has 1 aromatic rings. The van der Waals surface area contributed by atoms with E-state index in [0.717, 1.165) is 0 Å². The molecule has 2 amide bonds. The lowest BCUT2D eigenvalue weighted by atomic mass is 9.90. The second-order valence-electron chi connectivity index (χ2n) is 6.93. The molecule has 0 bridgehead atoms. The number of amides is 2. The van der Waals surface area contributed by atoms with Crippen molar-refractivity contribution >= 4 is 47.2 Å². The highest BCUT2D eigenvalue weighted by atomic mass is 32.2. The Kier molecular flexibility index (Phi) is 7.64. The Morgan fingerprint density at radius 1 is 1.38 bits per heavy atom. The Hall–Kier alpha value is -2.77. The predicted molar refractivity (Wildman–Crippen MR) is 116 cm³/mol. The standard InChI is InChI=1S/C19H21N3O8S2/c1-2-12(23)13-15(24)21-14(17(25)26)18(32-16(13)21)31-8-7-20-19(27)30-9-10-3-5-11(6-4-10)22(28)29/h3-6,12-13,16,23H,2,7-9H2,1H3,(H,20,27)(H,25,26)/t12-,13+,16+/m0/s1. The first-order valence-corrected chi connectivity index (χ1v) is 11.5. The molecule has 3 rings (SSSR count). The van der Waals surface area contributed by atoms with Gasteiger partial charge in [-0.05, 0) is 24.1 Å². The number of fused-ring (bicyclic) bond motifs is 1. The number of carbonyl (C=O) groups excluding carboxylic acids is 2. The van der Waals surface area contributed by atoms with Crippen LogP contribution < -0.4 is 5.32 Å². The third kappa shape index (κ3) is 5.00. The maximum absolute atomic E-state index is 12.3. The highest BCUT2D eigenvalue weighted by Gasteiger charge is 2.58. The Bertz CT molecular complexity index is 952. The molecule has 0 aromatic heterocycles. The summed E-state index contributed by atoms with van der Waals surface area (Å²) in [4.78, 5) is 47.1. The van der Waals surface area contributed by atoms with Crippen molar-refractivity contribution in [2.75, 3.05) is 12.3 Å². The summed E-state index contributed by atoms with van der Waals surface area (Å²) in [7, 11) is 0. The van der Waals surface area contributed by atoms with Gasteiger partial charge in [0.25, 0.3) is 5.69 Å². The van der Waals surface area contributed by atoms with Crippen LogP contribution in [-0.4, -0.2) is 61.8 Å². The number of benzene rings is 1. The summed E-state index contributed by atoms with van der Waals surface area (Å²) in [6.07, 6.45) is -1.10. The minimum Gasteiger partial charge on any atom is -0.477 e. The number of ether oxygens (including phenoxy) is 1. The quantitative estimate of drug-likeness (QED) is 0.195. The largest absolute Gasteiger partial charge is 0.477 e. The number of nitro benzene ring substituents is 1. The number of nitrogens with one attached hydrogen (secondary N) is 1. The minimum absolute atomic E-state index is 0.0545. The first kappa shape index (κ1) is 23.9. The minimum atomic E-state index is -1.21. The van der Waals surface area contributed by atoms with Crippen molar-refractivity contribution in [3.8, 4) is 0 Å². The number of nitro groups is 1. The number of rotatable bonds is 10. The van der Waals surface area contributed by atoms with Crippen LogP contribution in [0.2, 0.25) is 0 Å². The molecule has 172 valence electrons. The summed E-state index contributed by atoms with van der Waals surface area (Å²) in [5.41, 5.74) is 0.448. The van der Waals surface area contributed by atoms with Gasteiger partial charge in [0.1, 0.15) is 12.0 Å². The van der Waals surface area contributed by atoms with E-state index in [-0.39, 0.29) is 24.5 Å². The van der Waals surface area contributed by atoms with Crippen LogP contribution in [0.25, 0.3) is 0 Å². The SMILES string of the molecule is CC[C@H](O)[C@@H]1C(=O)N2C(C(=O)O)=C(SCCNC(=O)OCc3ccc([N+](=O)[O-])cc3)S[C@H]12. The van der Waals surface area contributed by atoms with Crippen molar-refractivity contribution < 1.29 is 34.3 Å². The number of carboxylic acid groups (broad SMARTS) is 1. The smallest absolute Gasteiger partial charge is 0.407 e. The molecule has 2 aliphatic heterocycles. The van der Waals surface area contributed by atoms with E-state index >= 15 is 0 Å². The van der Waals surface area contributed by atoms with Gasteiger partial charge in [-0.1, -0.05) is 18.7 Å². The summed E-state index contributed by atoms with van der Waals surface area (Å²) >= 11 is 2.44. The molecule has 0 radical (unpaired) electrons. The fraction of sp³-hybridized carbons (Fsp3) is 0.421. The third-order valence-electron chi connectivity index (χ3n) is 4.90. The molecule has 1 fully saturated rings. The molecule has 3 N–H and O–H groups in total. The Morgan fingerprint density at radius 3 is 2.66 bits per heavy atom. The zero-order valence-electron chi connectivity index (χ0n) is 16.9. The molecule has 3 atom stereocenters. The van der Waals surface area contributed by atoms with E-state index in [1.807, 2.05) is 0 Å². The third-order valence-corrected chi connectivity index (χ3v) is 7.56. The highest BCUT2D eigenvalue weighted by Crippen LogP contribution is 2.53. The van der Waals surface area contributed by atoms with Gasteiger partial charge in [-0.3, -0.25) is 19.8 Å². The number of β-lactam (4-membered cyclic amide) rings is 1. The number of aliphatic hydroxyl groups is 1. The van der Waals surface area contributed by atoms with Gasteiger partial charge in [-0.15, -0.1) is 11.8 Å². The van der Waals surface area contributed by atoms with Gasteiger partial charge in [-0.25, -0.2) is 9.59 Å². The van der Waals surface area contributed by atoms with Crippen molar-refractivity contribution in [1.29, 1.82) is 0 Å². The van der Waals surface area contributed by atoms with Gasteiger partial charge in [0.15, 0.2) is 5.70 Å². The van der Waals surface area contributed by atoms with Crippen LogP contribution >= 0.6 is 23.5 Å². The van der Waals surface area contributed by atoms with Crippen LogP contribution in [0.3, 0.4) is 0 Å². The maximum atomic E-state index is 12.3. The number of non-ortho nitro benzene ring substituents is 1. The van der Waals surface area contributed by atoms with Crippen LogP contribution in [0.5, 0.6) is 0 Å². The number of carbonyl (C=O) groups is 3. The zero-order chi connectivity index (χ0) is 23.4. The molecular weight excluding hydrogens is 462 g/mol. The molecule has 0 aliphatic carbocycles. The van der Waals surface area contributed by atoms with E-state index in [2.05, 4.69) is 5.32 Å². The molecule has 0 saturated carbocycles. The molecule has 1 saturated heterocycles. The Balaban J connectivity index is 1.44. The lowest BCUT2D eigenvalue weighted by Gasteiger charge is -2.44. The van der Waals surface area contributed by atoms with Gasteiger partial charge in [0.2, 0.25) is 5.91 Å². The summed E-state index contributed by atoms with van der Waals surface area (Å²) < 4.78 is 5.51. The number of carboxylic acids is 1. The van der Waals surface area contributed by atoms with Crippen LogP contribution in [-0.2, 0) is 20.9 Å². The van der Waals surface area contributed by atoms with Gasteiger partial charge in [-0.2, -0.15) is 0 Å². The number of hydrogen-bond donors (Lipinski definition) is 3. The van der Waals surface area contributed by atoms with Gasteiger partial charge < -0.3 is 20.3 Å². The molecule has 2 heterocycles. The number of aliphatic hydroxyl groups excluding tert-OH is 1. The lowest BCUT2D eigenvalue weighted by Crippen LogP contribution is -2.61. The lowest BCUT2D eigenvalue weighted by molar-refractivity contribution is -0.384. The number of nitrogens with zero attached hydrogens (tertiary/aromatic N) is 2. The molecular formula is C19H21N3O8S2. The van der Waals surface area contributed by atoms with E-state index in [0.29, 0.717) is 22.0 Å². The van der Waals surface area contributed by atoms with E-state index < -0.39 is 40.3 Å². The molecule has 13 heteroatoms. The predicted octanol–water partition coefficient (Wildman–Crippen LogP) is 2.11. The van der Waals surface area contributed by atoms with Gasteiger partial charge in [0.05, 0.1) is 21.2 Å². The Labute approximate surface area is 191 Å². The summed E-state index contributed by atoms with van der Waals surface area (Å²) in [5, 5.41) is 32.3. The first-order valence-electron chi connectivity index (χ1n) is 9.66. The van der Waals surface area contributed by atoms with Crippen molar-refractivity contribution in [3.63, 3.8) is 0 Å². The van der Waals surface area contributed by atoms with Crippen molar-refractivity contribution in [2.24, 2.45) is 5.92 Å². The number of aliphatic carboxylic acids is 1. The van der Waals surface area contributed by atoms with E-state index in [4.69, 9.17) is 4.74 Å². The molecule has 0 spiro atoms. The monoisotopic (exact) mass is 483 g/mol. The topological polar surface area (TPSA) is 159 Å². The summed E-state index contributed by atoms with van der Waals surface area (Å²) in [5.74, 6) is -1.87. The molecule has 1 aromatic carbocycles. The maximum Gasteiger partial charge on any atom is 0.407 e. The highest BCUT2D eigenvalue weighted by molar-refractivity contribution is 8.22. The summed E-state index contributed by atoms with van der Waals surface area (Å²) in [6.45, 7) is 1.90. The average Bonchev–Trinajstić information content (AvgIpc) is 3.10. The van der Waals surface area contributed by atoms with E-state index in [9.17, 15) is 34.7 Å². The fourth-order valence-corrected chi connectivity index (χ4v) is 6.03. The van der Waals surface area contributed by atoms with Crippen LogP contribution in [0.4, 0.5) is 10.5 Å². The number of hydrogen-bond acceptors (Lipinski definition) is 9. The van der Waals surface area contributed by atoms with Crippen molar-refractivity contribution in [3.05, 3.63) is 49.9 Å². The second-order valence-corrected chi connectivity index (χ2v) is 9.42. The zero-order valence-corrected chi connectivity index (χ0v) is 18.6. The van der Waals surface area contributed by atoms with Crippen LogP contribution in [0.15, 0.2) is 34.2 Å². The molecule has 0 unspecified atom stereocenters. The van der Waals surface area contributed by atoms with Gasteiger partial charge >= 0.3 is 12.1 Å². The number of thioether (sulfide) groups is 2. The Morgan fingerprint density at radius 2 is 2.06 bits per heavy atom. The van der Waals surface area contributed by atoms with E-state index in [1.165, 1.54) is 52.7 Å². The van der Waals surface area contributed by atoms with Crippen molar-refractivity contribution in [2.45, 2.75) is 31.4 Å². The summed E-state index contributed by atoms with van der Waals surface area (Å²) in [6, 6.07) is 5.62.